The molecule has 40 heavy (non-hydrogen) atoms. The zero-order chi connectivity index (χ0) is 26.7. The van der Waals surface area contributed by atoms with E-state index >= 15 is 0 Å². The highest BCUT2D eigenvalue weighted by molar-refractivity contribution is 6.02. The molecule has 0 saturated heterocycles. The molecular formula is C39H33N. The van der Waals surface area contributed by atoms with Crippen molar-refractivity contribution in [1.82, 2.24) is 0 Å². The summed E-state index contributed by atoms with van der Waals surface area (Å²) in [6.07, 6.45) is 8.78. The maximum Gasteiger partial charge on any atom is 0.0462 e. The minimum absolute atomic E-state index is 1.15. The Kier molecular flexibility index (Phi) is 6.63. The van der Waals surface area contributed by atoms with E-state index in [0.717, 1.165) is 17.1 Å². The molecule has 0 amide bonds. The third kappa shape index (κ3) is 4.58. The molecule has 0 N–H and O–H groups in total. The van der Waals surface area contributed by atoms with Crippen LogP contribution in [0.15, 0.2) is 133 Å². The van der Waals surface area contributed by atoms with Gasteiger partial charge in [-0.2, -0.15) is 0 Å². The van der Waals surface area contributed by atoms with Gasteiger partial charge in [-0.05, 0) is 106 Å². The van der Waals surface area contributed by atoms with Gasteiger partial charge < -0.3 is 4.90 Å². The molecule has 0 aliphatic heterocycles. The quantitative estimate of drug-likeness (QED) is 0.211. The van der Waals surface area contributed by atoms with E-state index in [2.05, 4.69) is 144 Å². The smallest absolute Gasteiger partial charge is 0.0462 e. The van der Waals surface area contributed by atoms with Crippen LogP contribution < -0.4 is 15.3 Å². The van der Waals surface area contributed by atoms with Crippen molar-refractivity contribution in [2.24, 2.45) is 0 Å². The molecule has 0 radical (unpaired) electrons. The van der Waals surface area contributed by atoms with Gasteiger partial charge in [-0.25, -0.2) is 0 Å². The lowest BCUT2D eigenvalue weighted by Gasteiger charge is -2.25. The van der Waals surface area contributed by atoms with E-state index in [1.807, 2.05) is 0 Å². The molecule has 194 valence electrons. The fourth-order valence-electron chi connectivity index (χ4n) is 6.41. The highest BCUT2D eigenvalue weighted by Crippen LogP contribution is 2.34. The molecule has 1 aliphatic carbocycles. The number of para-hydroxylation sites is 2. The van der Waals surface area contributed by atoms with Crippen LogP contribution >= 0.6 is 0 Å². The van der Waals surface area contributed by atoms with Crippen LogP contribution in [-0.2, 0) is 0 Å². The number of anilines is 3. The molecule has 0 unspecified atom stereocenters. The molecule has 0 spiro atoms. The first kappa shape index (κ1) is 24.4. The summed E-state index contributed by atoms with van der Waals surface area (Å²) in [5, 5.41) is 8.25. The lowest BCUT2D eigenvalue weighted by atomic mass is 9.88. The summed E-state index contributed by atoms with van der Waals surface area (Å²) in [5.41, 5.74) is 6.29. The second-order valence-electron chi connectivity index (χ2n) is 10.8. The van der Waals surface area contributed by atoms with Crippen molar-refractivity contribution in [3.63, 3.8) is 0 Å². The Balaban J connectivity index is 1.40. The lowest BCUT2D eigenvalue weighted by molar-refractivity contribution is 0.644. The molecule has 0 atom stereocenters. The van der Waals surface area contributed by atoms with Gasteiger partial charge in [0, 0.05) is 17.1 Å². The Labute approximate surface area is 236 Å². The third-order valence-electron chi connectivity index (χ3n) is 8.27. The normalized spacial score (nSPS) is 13.4. The molecule has 0 aromatic heterocycles. The van der Waals surface area contributed by atoms with Gasteiger partial charge in [0.1, 0.15) is 0 Å². The monoisotopic (exact) mass is 515 g/mol. The Morgan fingerprint density at radius 1 is 0.425 bits per heavy atom. The van der Waals surface area contributed by atoms with Crippen molar-refractivity contribution in [1.29, 1.82) is 0 Å². The summed E-state index contributed by atoms with van der Waals surface area (Å²) < 4.78 is 0. The average molecular weight is 516 g/mol. The minimum atomic E-state index is 1.15. The van der Waals surface area contributed by atoms with E-state index in [0.29, 0.717) is 0 Å². The molecular weight excluding hydrogens is 482 g/mol. The number of rotatable bonds is 4. The SMILES string of the molecule is C(c1ccc(N(c2ccccc2)c2ccccc2)cc1)=c1c2ccccc2c(=C2CCCCC2)c2ccccc12. The van der Waals surface area contributed by atoms with Crippen LogP contribution in [0.4, 0.5) is 17.1 Å². The standard InChI is InChI=1S/C39H33N/c1-4-14-30(15-5-1)39-36-22-12-10-20-34(36)38(35-21-11-13-23-37(35)39)28-29-24-26-33(27-25-29)40(31-16-6-2-7-17-31)32-18-8-3-9-19-32/h2-3,6-13,16-28H,1,4-5,14-15H2. The van der Waals surface area contributed by atoms with Gasteiger partial charge in [0.2, 0.25) is 0 Å². The summed E-state index contributed by atoms with van der Waals surface area (Å²) in [6, 6.07) is 48.2. The van der Waals surface area contributed by atoms with Crippen LogP contribution in [-0.4, -0.2) is 0 Å². The van der Waals surface area contributed by atoms with E-state index < -0.39 is 0 Å². The molecule has 0 heterocycles. The number of nitrogens with zero attached hydrogens (tertiary/aromatic N) is 1. The molecule has 1 saturated carbocycles. The first-order valence-electron chi connectivity index (χ1n) is 14.5. The Hall–Kier alpha value is -4.62. The molecule has 7 rings (SSSR count). The summed E-state index contributed by atoms with van der Waals surface area (Å²) in [7, 11) is 0. The van der Waals surface area contributed by atoms with Crippen molar-refractivity contribution in [2.45, 2.75) is 32.1 Å². The predicted octanol–water partition coefficient (Wildman–Crippen LogP) is 9.41. The highest BCUT2D eigenvalue weighted by Gasteiger charge is 2.13. The zero-order valence-corrected chi connectivity index (χ0v) is 22.8. The Morgan fingerprint density at radius 3 is 1.40 bits per heavy atom. The van der Waals surface area contributed by atoms with Crippen molar-refractivity contribution in [3.05, 3.63) is 149 Å². The van der Waals surface area contributed by atoms with Crippen molar-refractivity contribution in [2.75, 3.05) is 4.90 Å². The number of fused-ring (bicyclic) bond motifs is 2. The lowest BCUT2D eigenvalue weighted by Crippen LogP contribution is -2.18. The van der Waals surface area contributed by atoms with Crippen LogP contribution in [0.1, 0.15) is 37.7 Å². The van der Waals surface area contributed by atoms with E-state index in [9.17, 15) is 0 Å². The van der Waals surface area contributed by atoms with Gasteiger partial charge in [-0.15, -0.1) is 0 Å². The second-order valence-corrected chi connectivity index (χ2v) is 10.8. The van der Waals surface area contributed by atoms with Crippen LogP contribution in [0.3, 0.4) is 0 Å². The fraction of sp³-hybridized carbons (Fsp3) is 0.128. The largest absolute Gasteiger partial charge is 0.311 e. The van der Waals surface area contributed by atoms with Crippen molar-refractivity contribution >= 4 is 50.3 Å². The van der Waals surface area contributed by atoms with E-state index in [1.54, 1.807) is 5.57 Å². The van der Waals surface area contributed by atoms with Crippen molar-refractivity contribution in [3.8, 4) is 0 Å². The number of benzene rings is 6. The molecule has 1 fully saturated rings. The van der Waals surface area contributed by atoms with E-state index in [-0.39, 0.29) is 0 Å². The molecule has 6 aromatic rings. The molecule has 1 aliphatic rings. The van der Waals surface area contributed by atoms with Crippen LogP contribution in [0.25, 0.3) is 33.2 Å². The second kappa shape index (κ2) is 10.9. The van der Waals surface area contributed by atoms with Crippen LogP contribution in [0.5, 0.6) is 0 Å². The summed E-state index contributed by atoms with van der Waals surface area (Å²) in [4.78, 5) is 2.31. The van der Waals surface area contributed by atoms with E-state index in [1.165, 1.54) is 69.6 Å². The van der Waals surface area contributed by atoms with Gasteiger partial charge in [0.25, 0.3) is 0 Å². The predicted molar refractivity (Wildman–Crippen MR) is 172 cm³/mol. The highest BCUT2D eigenvalue weighted by atomic mass is 15.1. The molecule has 1 nitrogen and oxygen atoms in total. The number of hydrogen-bond acceptors (Lipinski definition) is 1. The van der Waals surface area contributed by atoms with Gasteiger partial charge in [-0.3, -0.25) is 0 Å². The first-order chi connectivity index (χ1) is 19.9. The van der Waals surface area contributed by atoms with Gasteiger partial charge >= 0.3 is 0 Å². The maximum atomic E-state index is 2.37. The summed E-state index contributed by atoms with van der Waals surface area (Å²) >= 11 is 0. The van der Waals surface area contributed by atoms with Crippen LogP contribution in [0.2, 0.25) is 0 Å². The maximum absolute atomic E-state index is 2.37. The van der Waals surface area contributed by atoms with Gasteiger partial charge in [-0.1, -0.05) is 109 Å². The third-order valence-corrected chi connectivity index (χ3v) is 8.27. The Morgan fingerprint density at radius 2 is 0.875 bits per heavy atom. The Bertz CT molecular complexity index is 1790. The minimum Gasteiger partial charge on any atom is -0.311 e. The summed E-state index contributed by atoms with van der Waals surface area (Å²) in [5.74, 6) is 0. The molecule has 6 aromatic carbocycles. The van der Waals surface area contributed by atoms with Gasteiger partial charge in [0.05, 0.1) is 0 Å². The topological polar surface area (TPSA) is 3.24 Å². The molecule has 1 heteroatoms. The molecule has 0 bridgehead atoms. The fourth-order valence-corrected chi connectivity index (χ4v) is 6.41. The van der Waals surface area contributed by atoms with E-state index in [4.69, 9.17) is 0 Å². The average Bonchev–Trinajstić information content (AvgIpc) is 3.03. The zero-order valence-electron chi connectivity index (χ0n) is 22.8. The van der Waals surface area contributed by atoms with Gasteiger partial charge in [0.15, 0.2) is 0 Å². The van der Waals surface area contributed by atoms with Crippen molar-refractivity contribution < 1.29 is 0 Å². The first-order valence-corrected chi connectivity index (χ1v) is 14.5. The summed E-state index contributed by atoms with van der Waals surface area (Å²) in [6.45, 7) is 0. The number of hydrogen-bond donors (Lipinski definition) is 0. The van der Waals surface area contributed by atoms with Crippen LogP contribution in [0, 0.1) is 0 Å².